The van der Waals surface area contributed by atoms with Gasteiger partial charge < -0.3 is 4.74 Å². The number of benzene rings is 2. The van der Waals surface area contributed by atoms with Gasteiger partial charge in [-0.2, -0.15) is 0 Å². The van der Waals surface area contributed by atoms with Crippen LogP contribution < -0.4 is 4.74 Å². The van der Waals surface area contributed by atoms with Crippen molar-refractivity contribution in [2.75, 3.05) is 7.11 Å². The van der Waals surface area contributed by atoms with Crippen LogP contribution in [0.25, 0.3) is 0 Å². The number of hydrogen-bond acceptors (Lipinski definition) is 4. The highest BCUT2D eigenvalue weighted by Crippen LogP contribution is 2.26. The van der Waals surface area contributed by atoms with E-state index >= 15 is 0 Å². The van der Waals surface area contributed by atoms with Gasteiger partial charge in [-0.3, -0.25) is 4.79 Å². The van der Waals surface area contributed by atoms with E-state index in [-0.39, 0.29) is 18.0 Å². The predicted molar refractivity (Wildman–Crippen MR) is 105 cm³/mol. The van der Waals surface area contributed by atoms with Gasteiger partial charge >= 0.3 is 0 Å². The Kier molecular flexibility index (Phi) is 6.14. The first-order valence-electron chi connectivity index (χ1n) is 8.20. The van der Waals surface area contributed by atoms with E-state index in [1.165, 1.54) is 7.11 Å². The summed E-state index contributed by atoms with van der Waals surface area (Å²) in [5, 5.41) is 0.459. The molecule has 0 unspecified atom stereocenters. The summed E-state index contributed by atoms with van der Waals surface area (Å²) >= 11 is 6.08. The van der Waals surface area contributed by atoms with Crippen molar-refractivity contribution >= 4 is 27.2 Å². The Labute approximate surface area is 160 Å². The van der Waals surface area contributed by atoms with Gasteiger partial charge in [0, 0.05) is 12.0 Å². The van der Waals surface area contributed by atoms with E-state index in [4.69, 9.17) is 16.3 Å². The lowest BCUT2D eigenvalue weighted by atomic mass is 10.0. The van der Waals surface area contributed by atoms with Crippen LogP contribution in [0.1, 0.15) is 42.3 Å². The highest BCUT2D eigenvalue weighted by molar-refractivity contribution is 7.91. The molecule has 6 heteroatoms. The van der Waals surface area contributed by atoms with Crippen LogP contribution in [-0.4, -0.2) is 26.1 Å². The maximum absolute atomic E-state index is 12.4. The molecule has 140 valence electrons. The Bertz CT molecular complexity index is 894. The van der Waals surface area contributed by atoms with Gasteiger partial charge in [0.05, 0.1) is 22.6 Å². The molecule has 0 saturated carbocycles. The number of halogens is 1. The summed E-state index contributed by atoms with van der Waals surface area (Å²) in [6.07, 6.45) is 0.212. The molecule has 2 rings (SSSR count). The SMILES string of the molecule is COc1ccc(CC(=O)c2ccc(CS(=O)(=O)C(C)(C)C)cc2)cc1Cl. The number of carbonyl (C=O) groups excluding carboxylic acids is 1. The van der Waals surface area contributed by atoms with Crippen LogP contribution in [0, 0.1) is 0 Å². The minimum absolute atomic E-state index is 0.0426. The molecule has 0 aliphatic carbocycles. The largest absolute Gasteiger partial charge is 0.495 e. The fraction of sp³-hybridized carbons (Fsp3) is 0.350. The second-order valence-corrected chi connectivity index (χ2v) is 10.3. The Morgan fingerprint density at radius 3 is 2.12 bits per heavy atom. The standard InChI is InChI=1S/C20H23ClO4S/c1-20(2,3)26(23,24)13-14-5-8-16(9-6-14)18(22)12-15-7-10-19(25-4)17(21)11-15/h5-11H,12-13H2,1-4H3. The normalized spacial score (nSPS) is 12.0. The topological polar surface area (TPSA) is 60.4 Å². The lowest BCUT2D eigenvalue weighted by molar-refractivity contribution is 0.0993. The van der Waals surface area contributed by atoms with Crippen molar-refractivity contribution in [2.24, 2.45) is 0 Å². The minimum Gasteiger partial charge on any atom is -0.495 e. The van der Waals surface area contributed by atoms with E-state index in [0.717, 1.165) is 5.56 Å². The molecule has 0 saturated heterocycles. The zero-order chi connectivity index (χ0) is 19.5. The average molecular weight is 395 g/mol. The van der Waals surface area contributed by atoms with Gasteiger partial charge in [-0.05, 0) is 44.0 Å². The Hall–Kier alpha value is -1.85. The Morgan fingerprint density at radius 1 is 1.04 bits per heavy atom. The van der Waals surface area contributed by atoms with E-state index in [0.29, 0.717) is 21.9 Å². The minimum atomic E-state index is -3.26. The summed E-state index contributed by atoms with van der Waals surface area (Å²) in [6.45, 7) is 5.04. The van der Waals surface area contributed by atoms with Gasteiger partial charge in [-0.25, -0.2) is 8.42 Å². The van der Waals surface area contributed by atoms with Gasteiger partial charge in [0.2, 0.25) is 0 Å². The van der Waals surface area contributed by atoms with Crippen LogP contribution in [0.3, 0.4) is 0 Å². The molecule has 0 atom stereocenters. The lowest BCUT2D eigenvalue weighted by Gasteiger charge is -2.19. The fourth-order valence-electron chi connectivity index (χ4n) is 2.33. The van der Waals surface area contributed by atoms with Crippen molar-refractivity contribution in [1.82, 2.24) is 0 Å². The smallest absolute Gasteiger partial charge is 0.167 e. The number of carbonyl (C=O) groups is 1. The third kappa shape index (κ3) is 4.86. The first kappa shape index (κ1) is 20.5. The van der Waals surface area contributed by atoms with Gasteiger partial charge in [0.1, 0.15) is 5.75 Å². The van der Waals surface area contributed by atoms with Gasteiger partial charge in [-0.1, -0.05) is 41.9 Å². The Morgan fingerprint density at radius 2 is 1.62 bits per heavy atom. The molecule has 2 aromatic carbocycles. The third-order valence-corrected chi connectivity index (χ3v) is 7.02. The van der Waals surface area contributed by atoms with Crippen LogP contribution in [0.15, 0.2) is 42.5 Å². The summed E-state index contributed by atoms with van der Waals surface area (Å²) in [4.78, 5) is 12.4. The van der Waals surface area contributed by atoms with Crippen molar-refractivity contribution in [3.05, 3.63) is 64.2 Å². The first-order valence-corrected chi connectivity index (χ1v) is 10.2. The number of hydrogen-bond donors (Lipinski definition) is 0. The number of ketones is 1. The lowest BCUT2D eigenvalue weighted by Crippen LogP contribution is -2.29. The van der Waals surface area contributed by atoms with Crippen LogP contribution in [0.2, 0.25) is 5.02 Å². The molecule has 0 aromatic heterocycles. The quantitative estimate of drug-likeness (QED) is 0.677. The molecule has 0 radical (unpaired) electrons. The fourth-order valence-corrected chi connectivity index (χ4v) is 3.67. The summed E-state index contributed by atoms with van der Waals surface area (Å²) in [7, 11) is -1.72. The number of Topliss-reactive ketones (excluding diaryl/α,β-unsaturated/α-hetero) is 1. The molecule has 0 fully saturated rings. The van der Waals surface area contributed by atoms with E-state index in [2.05, 4.69) is 0 Å². The molecule has 26 heavy (non-hydrogen) atoms. The summed E-state index contributed by atoms with van der Waals surface area (Å²) in [5.41, 5.74) is 2.00. The number of rotatable bonds is 6. The predicted octanol–water partition coefficient (Wildman–Crippen LogP) is 4.49. The average Bonchev–Trinajstić information content (AvgIpc) is 2.54. The monoisotopic (exact) mass is 394 g/mol. The maximum atomic E-state index is 12.4. The molecule has 0 aliphatic rings. The third-order valence-electron chi connectivity index (χ3n) is 4.15. The molecule has 0 bridgehead atoms. The van der Waals surface area contributed by atoms with Crippen LogP contribution in [-0.2, 0) is 22.0 Å². The molecular weight excluding hydrogens is 372 g/mol. The van der Waals surface area contributed by atoms with Gasteiger partial charge in [-0.15, -0.1) is 0 Å². The zero-order valence-corrected chi connectivity index (χ0v) is 16.9. The maximum Gasteiger partial charge on any atom is 0.167 e. The van der Waals surface area contributed by atoms with Crippen molar-refractivity contribution < 1.29 is 17.9 Å². The zero-order valence-electron chi connectivity index (χ0n) is 15.4. The molecule has 0 spiro atoms. The highest BCUT2D eigenvalue weighted by Gasteiger charge is 2.28. The molecule has 0 N–H and O–H groups in total. The Balaban J connectivity index is 2.10. The number of ether oxygens (including phenoxy) is 1. The molecule has 0 amide bonds. The van der Waals surface area contributed by atoms with Crippen molar-refractivity contribution in [3.8, 4) is 5.75 Å². The van der Waals surface area contributed by atoms with E-state index in [9.17, 15) is 13.2 Å². The molecular formula is C20H23ClO4S. The van der Waals surface area contributed by atoms with Crippen molar-refractivity contribution in [3.63, 3.8) is 0 Å². The second-order valence-electron chi connectivity index (χ2n) is 7.14. The van der Waals surface area contributed by atoms with Crippen LogP contribution in [0.5, 0.6) is 5.75 Å². The summed E-state index contributed by atoms with van der Waals surface area (Å²) in [6, 6.07) is 12.0. The number of methoxy groups -OCH3 is 1. The summed E-state index contributed by atoms with van der Waals surface area (Å²) < 4.78 is 28.8. The highest BCUT2D eigenvalue weighted by atomic mass is 35.5. The molecule has 2 aromatic rings. The van der Waals surface area contributed by atoms with Crippen molar-refractivity contribution in [2.45, 2.75) is 37.7 Å². The van der Waals surface area contributed by atoms with E-state index in [1.54, 1.807) is 63.2 Å². The van der Waals surface area contributed by atoms with Crippen LogP contribution >= 0.6 is 11.6 Å². The molecule has 0 heterocycles. The van der Waals surface area contributed by atoms with Gasteiger partial charge in [0.15, 0.2) is 15.6 Å². The summed E-state index contributed by atoms with van der Waals surface area (Å²) in [5.74, 6) is 0.461. The van der Waals surface area contributed by atoms with Gasteiger partial charge in [0.25, 0.3) is 0 Å². The van der Waals surface area contributed by atoms with Crippen molar-refractivity contribution in [1.29, 1.82) is 0 Å². The van der Waals surface area contributed by atoms with E-state index < -0.39 is 14.6 Å². The number of sulfone groups is 1. The molecule has 4 nitrogen and oxygen atoms in total. The first-order chi connectivity index (χ1) is 12.0. The van der Waals surface area contributed by atoms with Crippen LogP contribution in [0.4, 0.5) is 0 Å². The second kappa shape index (κ2) is 7.80. The molecule has 0 aliphatic heterocycles. The van der Waals surface area contributed by atoms with E-state index in [1.807, 2.05) is 0 Å².